The van der Waals surface area contributed by atoms with Crippen LogP contribution in [0.15, 0.2) is 54.6 Å². The van der Waals surface area contributed by atoms with Crippen LogP contribution in [0.25, 0.3) is 0 Å². The third-order valence-corrected chi connectivity index (χ3v) is 4.87. The number of benzene rings is 2. The third-order valence-electron chi connectivity index (χ3n) is 4.87. The predicted molar refractivity (Wildman–Crippen MR) is 96.1 cm³/mol. The molecule has 0 aromatic heterocycles. The van der Waals surface area contributed by atoms with Crippen molar-refractivity contribution in [1.82, 2.24) is 0 Å². The van der Waals surface area contributed by atoms with Crippen molar-refractivity contribution in [2.75, 3.05) is 13.2 Å². The number of aliphatic hydroxyl groups is 1. The second kappa shape index (κ2) is 7.78. The van der Waals surface area contributed by atoms with Gasteiger partial charge >= 0.3 is 5.97 Å². The maximum Gasteiger partial charge on any atom is 0.338 e. The highest BCUT2D eigenvalue weighted by molar-refractivity contribution is 5.89. The van der Waals surface area contributed by atoms with E-state index in [4.69, 9.17) is 18.9 Å². The number of esters is 1. The van der Waals surface area contributed by atoms with E-state index in [-0.39, 0.29) is 6.61 Å². The van der Waals surface area contributed by atoms with Gasteiger partial charge in [-0.25, -0.2) is 4.79 Å². The summed E-state index contributed by atoms with van der Waals surface area (Å²) in [4.78, 5) is 12.4. The Bertz CT molecular complexity index is 775. The van der Waals surface area contributed by atoms with Gasteiger partial charge in [0.05, 0.1) is 18.8 Å². The number of carbonyl (C=O) groups excluding carboxylic acids is 1. The Morgan fingerprint density at radius 2 is 1.78 bits per heavy atom. The van der Waals surface area contributed by atoms with Gasteiger partial charge in [0.1, 0.15) is 18.3 Å². The molecule has 2 aromatic carbocycles. The zero-order valence-corrected chi connectivity index (χ0v) is 15.0. The van der Waals surface area contributed by atoms with Crippen LogP contribution in [-0.4, -0.2) is 48.7 Å². The maximum atomic E-state index is 12.4. The van der Waals surface area contributed by atoms with E-state index in [0.717, 1.165) is 11.1 Å². The van der Waals surface area contributed by atoms with Crippen LogP contribution < -0.4 is 0 Å². The Morgan fingerprint density at radius 1 is 1.04 bits per heavy atom. The minimum Gasteiger partial charge on any atom is -0.453 e. The number of carbonyl (C=O) groups is 1. The first-order chi connectivity index (χ1) is 13.1. The van der Waals surface area contributed by atoms with Crippen LogP contribution in [0.3, 0.4) is 0 Å². The summed E-state index contributed by atoms with van der Waals surface area (Å²) in [6.07, 6.45) is -3.40. The summed E-state index contributed by atoms with van der Waals surface area (Å²) in [6.45, 7) is 2.35. The van der Waals surface area contributed by atoms with Crippen LogP contribution >= 0.6 is 0 Å². The highest BCUT2D eigenvalue weighted by Gasteiger charge is 2.46. The molecule has 2 fully saturated rings. The Balaban J connectivity index is 1.43. The SMILES string of the molecule is Cc1ccc(C(=O)OC2COC3COC(c4ccccc4)O[C@@H]3C2O)cc1. The molecule has 6 heteroatoms. The molecule has 4 unspecified atom stereocenters. The molecule has 5 atom stereocenters. The van der Waals surface area contributed by atoms with E-state index in [1.54, 1.807) is 12.1 Å². The Morgan fingerprint density at radius 3 is 2.52 bits per heavy atom. The molecule has 6 nitrogen and oxygen atoms in total. The molecule has 2 aliphatic rings. The van der Waals surface area contributed by atoms with Crippen LogP contribution in [0.4, 0.5) is 0 Å². The zero-order chi connectivity index (χ0) is 18.8. The molecule has 0 saturated carbocycles. The van der Waals surface area contributed by atoms with Crippen LogP contribution in [0.1, 0.15) is 27.8 Å². The fourth-order valence-electron chi connectivity index (χ4n) is 3.30. The lowest BCUT2D eigenvalue weighted by Gasteiger charge is -2.44. The van der Waals surface area contributed by atoms with Gasteiger partial charge in [-0.05, 0) is 19.1 Å². The normalized spacial score (nSPS) is 30.4. The van der Waals surface area contributed by atoms with Crippen molar-refractivity contribution in [1.29, 1.82) is 0 Å². The fraction of sp³-hybridized carbons (Fsp3) is 0.381. The summed E-state index contributed by atoms with van der Waals surface area (Å²) >= 11 is 0. The Labute approximate surface area is 157 Å². The summed E-state index contributed by atoms with van der Waals surface area (Å²) in [5, 5.41) is 10.7. The van der Waals surface area contributed by atoms with E-state index in [1.807, 2.05) is 49.4 Å². The van der Waals surface area contributed by atoms with Gasteiger partial charge in [-0.15, -0.1) is 0 Å². The smallest absolute Gasteiger partial charge is 0.338 e. The van der Waals surface area contributed by atoms with Crippen molar-refractivity contribution in [3.05, 3.63) is 71.3 Å². The number of aryl methyl sites for hydroxylation is 1. The molecule has 2 aromatic rings. The van der Waals surface area contributed by atoms with Crippen molar-refractivity contribution in [3.63, 3.8) is 0 Å². The minimum absolute atomic E-state index is 0.0999. The number of fused-ring (bicyclic) bond motifs is 1. The van der Waals surface area contributed by atoms with Gasteiger partial charge in [0.25, 0.3) is 0 Å². The van der Waals surface area contributed by atoms with Gasteiger partial charge in [0.2, 0.25) is 0 Å². The second-order valence-corrected chi connectivity index (χ2v) is 6.85. The van der Waals surface area contributed by atoms with Crippen LogP contribution in [0.5, 0.6) is 0 Å². The lowest BCUT2D eigenvalue weighted by Crippen LogP contribution is -2.59. The molecule has 0 amide bonds. The molecular weight excluding hydrogens is 348 g/mol. The van der Waals surface area contributed by atoms with E-state index in [2.05, 4.69) is 0 Å². The number of ether oxygens (including phenoxy) is 4. The van der Waals surface area contributed by atoms with Gasteiger partial charge in [-0.1, -0.05) is 48.0 Å². The molecule has 0 aliphatic carbocycles. The highest BCUT2D eigenvalue weighted by atomic mass is 16.7. The lowest BCUT2D eigenvalue weighted by atomic mass is 9.98. The molecule has 0 spiro atoms. The largest absolute Gasteiger partial charge is 0.453 e. The molecule has 4 rings (SSSR count). The average molecular weight is 370 g/mol. The van der Waals surface area contributed by atoms with Gasteiger partial charge in [-0.3, -0.25) is 0 Å². The minimum atomic E-state index is -0.992. The molecule has 142 valence electrons. The van der Waals surface area contributed by atoms with Gasteiger partial charge in [0, 0.05) is 5.56 Å². The topological polar surface area (TPSA) is 74.2 Å². The monoisotopic (exact) mass is 370 g/mol. The van der Waals surface area contributed by atoms with E-state index < -0.39 is 36.7 Å². The van der Waals surface area contributed by atoms with Crippen molar-refractivity contribution in [2.45, 2.75) is 37.6 Å². The summed E-state index contributed by atoms with van der Waals surface area (Å²) in [7, 11) is 0. The Hall–Kier alpha value is -2.25. The summed E-state index contributed by atoms with van der Waals surface area (Å²) in [5.41, 5.74) is 2.35. The maximum absolute atomic E-state index is 12.4. The average Bonchev–Trinajstić information content (AvgIpc) is 2.71. The van der Waals surface area contributed by atoms with E-state index in [9.17, 15) is 9.90 Å². The molecule has 0 radical (unpaired) electrons. The first-order valence-electron chi connectivity index (χ1n) is 9.01. The number of rotatable bonds is 3. The molecular formula is C21H22O6. The van der Waals surface area contributed by atoms with Crippen LogP contribution in [-0.2, 0) is 18.9 Å². The van der Waals surface area contributed by atoms with E-state index in [1.165, 1.54) is 0 Å². The fourth-order valence-corrected chi connectivity index (χ4v) is 3.30. The van der Waals surface area contributed by atoms with Gasteiger partial charge < -0.3 is 24.1 Å². The van der Waals surface area contributed by atoms with Crippen LogP contribution in [0, 0.1) is 6.92 Å². The molecule has 2 aliphatic heterocycles. The summed E-state index contributed by atoms with van der Waals surface area (Å²) in [6, 6.07) is 16.6. The van der Waals surface area contributed by atoms with Crippen molar-refractivity contribution in [3.8, 4) is 0 Å². The number of aliphatic hydroxyl groups excluding tert-OH is 1. The quantitative estimate of drug-likeness (QED) is 0.837. The third kappa shape index (κ3) is 3.89. The second-order valence-electron chi connectivity index (χ2n) is 6.85. The Kier molecular flexibility index (Phi) is 5.22. The van der Waals surface area contributed by atoms with Crippen molar-refractivity contribution < 1.29 is 28.8 Å². The zero-order valence-electron chi connectivity index (χ0n) is 15.0. The highest BCUT2D eigenvalue weighted by Crippen LogP contribution is 2.33. The van der Waals surface area contributed by atoms with E-state index in [0.29, 0.717) is 12.2 Å². The van der Waals surface area contributed by atoms with Crippen LogP contribution in [0.2, 0.25) is 0 Å². The standard InChI is InChI=1S/C21H22O6/c1-13-7-9-14(10-8-13)20(23)26-16-11-24-17-12-25-21(27-19(17)18(16)22)15-5-3-2-4-6-15/h2-10,16-19,21-22H,11-12H2,1H3/t16?,17?,18?,19-,21?/m0/s1. The van der Waals surface area contributed by atoms with E-state index >= 15 is 0 Å². The first kappa shape index (κ1) is 18.1. The predicted octanol–water partition coefficient (Wildman–Crippen LogP) is 2.39. The number of hydrogen-bond acceptors (Lipinski definition) is 6. The molecule has 1 N–H and O–H groups in total. The van der Waals surface area contributed by atoms with Crippen molar-refractivity contribution in [2.24, 2.45) is 0 Å². The van der Waals surface area contributed by atoms with Gasteiger partial charge in [-0.2, -0.15) is 0 Å². The molecule has 2 heterocycles. The van der Waals surface area contributed by atoms with Gasteiger partial charge in [0.15, 0.2) is 12.4 Å². The summed E-state index contributed by atoms with van der Waals surface area (Å²) < 4.78 is 22.8. The molecule has 2 saturated heterocycles. The summed E-state index contributed by atoms with van der Waals surface area (Å²) in [5.74, 6) is -0.493. The molecule has 27 heavy (non-hydrogen) atoms. The first-order valence-corrected chi connectivity index (χ1v) is 9.01. The van der Waals surface area contributed by atoms with Crippen molar-refractivity contribution >= 4 is 5.97 Å². The lowest BCUT2D eigenvalue weighted by molar-refractivity contribution is -0.313. The molecule has 0 bridgehead atoms. The number of hydrogen-bond donors (Lipinski definition) is 1.